The molecule has 2 fully saturated rings. The first-order valence-electron chi connectivity index (χ1n) is 13.3. The number of H-pyrrole nitrogens is 1. The van der Waals surface area contributed by atoms with Crippen LogP contribution >= 0.6 is 0 Å². The molecule has 0 radical (unpaired) electrons. The number of rotatable bonds is 7. The van der Waals surface area contributed by atoms with Crippen LogP contribution < -0.4 is 16.3 Å². The maximum absolute atomic E-state index is 13.6. The van der Waals surface area contributed by atoms with Gasteiger partial charge in [-0.15, -0.1) is 0 Å². The molecule has 0 saturated carbocycles. The highest BCUT2D eigenvalue weighted by atomic mass is 16.7. The summed E-state index contributed by atoms with van der Waals surface area (Å²) < 4.78 is 17.2. The van der Waals surface area contributed by atoms with Crippen molar-refractivity contribution in [3.63, 3.8) is 0 Å². The molecule has 2 N–H and O–H groups in total. The van der Waals surface area contributed by atoms with Crippen molar-refractivity contribution in [1.29, 1.82) is 0 Å². The lowest BCUT2D eigenvalue weighted by Gasteiger charge is -2.38. The zero-order chi connectivity index (χ0) is 27.8. The predicted octanol–water partition coefficient (Wildman–Crippen LogP) is 2.06. The predicted molar refractivity (Wildman–Crippen MR) is 145 cm³/mol. The van der Waals surface area contributed by atoms with E-state index in [0.29, 0.717) is 29.7 Å². The van der Waals surface area contributed by atoms with Crippen molar-refractivity contribution in [3.05, 3.63) is 34.4 Å². The van der Waals surface area contributed by atoms with Gasteiger partial charge in [-0.25, -0.2) is 4.98 Å². The van der Waals surface area contributed by atoms with Gasteiger partial charge in [-0.2, -0.15) is 0 Å². The van der Waals surface area contributed by atoms with Crippen molar-refractivity contribution in [2.75, 3.05) is 20.3 Å². The summed E-state index contributed by atoms with van der Waals surface area (Å²) >= 11 is 0. The molecule has 1 aromatic heterocycles. The molecule has 3 heterocycles. The van der Waals surface area contributed by atoms with Gasteiger partial charge in [0.1, 0.15) is 18.5 Å². The van der Waals surface area contributed by atoms with Gasteiger partial charge in [0, 0.05) is 13.7 Å². The lowest BCUT2D eigenvalue weighted by atomic mass is 9.78. The van der Waals surface area contributed by atoms with Gasteiger partial charge < -0.3 is 29.2 Å². The molecule has 2 amide bonds. The summed E-state index contributed by atoms with van der Waals surface area (Å²) in [4.78, 5) is 48.5. The smallest absolute Gasteiger partial charge is 0.399 e. The molecule has 0 bridgehead atoms. The lowest BCUT2D eigenvalue weighted by molar-refractivity contribution is -0.142. The van der Waals surface area contributed by atoms with Crippen molar-refractivity contribution < 1.29 is 23.6 Å². The lowest BCUT2D eigenvalue weighted by Crippen LogP contribution is -2.54. The minimum Gasteiger partial charge on any atom is -0.399 e. The molecule has 0 aliphatic carbocycles. The Balaban J connectivity index is 1.62. The van der Waals surface area contributed by atoms with E-state index < -0.39 is 30.4 Å². The van der Waals surface area contributed by atoms with Crippen LogP contribution in [0.25, 0.3) is 10.9 Å². The van der Waals surface area contributed by atoms with Crippen LogP contribution in [0.1, 0.15) is 72.7 Å². The van der Waals surface area contributed by atoms with E-state index in [1.807, 2.05) is 47.6 Å². The van der Waals surface area contributed by atoms with Gasteiger partial charge in [0.15, 0.2) is 0 Å². The second kappa shape index (κ2) is 10.8. The average Bonchev–Trinajstić information content (AvgIpc) is 3.08. The third kappa shape index (κ3) is 5.50. The summed E-state index contributed by atoms with van der Waals surface area (Å²) in [7, 11) is 0.850. The largest absolute Gasteiger partial charge is 0.494 e. The fourth-order valence-electron chi connectivity index (χ4n) is 4.98. The molecule has 2 atom stereocenters. The maximum Gasteiger partial charge on any atom is 0.494 e. The SMILES string of the molecule is COCC(=O)N[C@H](C(=O)N1CCCC[C@H]1c1nc2ccc(B3OC(C)(C)C(C)(C)O3)cc2c(=O)[nH]1)C(C)C. The van der Waals surface area contributed by atoms with Crippen LogP contribution in [-0.2, 0) is 23.6 Å². The number of hydrogen-bond acceptors (Lipinski definition) is 7. The molecule has 4 rings (SSSR count). The van der Waals surface area contributed by atoms with E-state index in [1.54, 1.807) is 17.0 Å². The van der Waals surface area contributed by atoms with Crippen molar-refractivity contribution >= 4 is 35.3 Å². The Morgan fingerprint density at radius 3 is 2.53 bits per heavy atom. The first-order valence-corrected chi connectivity index (χ1v) is 13.3. The van der Waals surface area contributed by atoms with E-state index in [9.17, 15) is 14.4 Å². The Morgan fingerprint density at radius 1 is 1.21 bits per heavy atom. The molecule has 2 aliphatic heterocycles. The fraction of sp³-hybridized carbons (Fsp3) is 0.630. The zero-order valence-electron chi connectivity index (χ0n) is 23.4. The quantitative estimate of drug-likeness (QED) is 0.530. The zero-order valence-corrected chi connectivity index (χ0v) is 23.4. The number of nitrogens with zero attached hydrogens (tertiary/aromatic N) is 2. The number of ether oxygens (including phenoxy) is 1. The second-order valence-corrected chi connectivity index (χ2v) is 11.6. The highest BCUT2D eigenvalue weighted by Crippen LogP contribution is 2.36. The van der Waals surface area contributed by atoms with Crippen LogP contribution in [0.4, 0.5) is 0 Å². The number of likely N-dealkylation sites (tertiary alicyclic amines) is 1. The number of benzene rings is 1. The summed E-state index contributed by atoms with van der Waals surface area (Å²) in [6.45, 7) is 12.1. The molecule has 0 spiro atoms. The molecule has 2 aromatic rings. The molecule has 2 aliphatic rings. The summed E-state index contributed by atoms with van der Waals surface area (Å²) in [5.74, 6) is -0.205. The summed E-state index contributed by atoms with van der Waals surface area (Å²) in [6, 6.07) is 4.33. The van der Waals surface area contributed by atoms with Crippen molar-refractivity contribution in [2.24, 2.45) is 5.92 Å². The highest BCUT2D eigenvalue weighted by Gasteiger charge is 2.51. The number of nitrogens with one attached hydrogen (secondary N) is 2. The molecule has 38 heavy (non-hydrogen) atoms. The Labute approximate surface area is 224 Å². The average molecular weight is 526 g/mol. The topological polar surface area (TPSA) is 123 Å². The van der Waals surface area contributed by atoms with E-state index in [2.05, 4.69) is 10.3 Å². The van der Waals surface area contributed by atoms with Gasteiger partial charge >= 0.3 is 7.12 Å². The van der Waals surface area contributed by atoms with Crippen LogP contribution in [0.15, 0.2) is 23.0 Å². The van der Waals surface area contributed by atoms with E-state index in [1.165, 1.54) is 7.11 Å². The van der Waals surface area contributed by atoms with Gasteiger partial charge in [-0.1, -0.05) is 19.9 Å². The third-order valence-corrected chi connectivity index (χ3v) is 7.90. The molecular weight excluding hydrogens is 487 g/mol. The minimum absolute atomic E-state index is 0.118. The number of carbonyl (C=O) groups excluding carboxylic acids is 2. The number of methoxy groups -OCH3 is 1. The van der Waals surface area contributed by atoms with Crippen molar-refractivity contribution in [1.82, 2.24) is 20.2 Å². The molecule has 206 valence electrons. The monoisotopic (exact) mass is 526 g/mol. The number of fused-ring (bicyclic) bond motifs is 1. The number of hydrogen-bond donors (Lipinski definition) is 2. The van der Waals surface area contributed by atoms with E-state index in [-0.39, 0.29) is 29.9 Å². The van der Waals surface area contributed by atoms with E-state index >= 15 is 0 Å². The Bertz CT molecular complexity index is 1240. The Hall–Kier alpha value is -2.76. The molecular formula is C27H39BN4O6. The highest BCUT2D eigenvalue weighted by molar-refractivity contribution is 6.62. The maximum atomic E-state index is 13.6. The summed E-state index contributed by atoms with van der Waals surface area (Å²) in [5, 5.41) is 3.23. The van der Waals surface area contributed by atoms with Crippen LogP contribution in [0, 0.1) is 5.92 Å². The fourth-order valence-corrected chi connectivity index (χ4v) is 4.98. The molecule has 1 aromatic carbocycles. The molecule has 11 heteroatoms. The second-order valence-electron chi connectivity index (χ2n) is 11.6. The number of piperidine rings is 1. The van der Waals surface area contributed by atoms with Gasteiger partial charge in [-0.05, 0) is 70.5 Å². The van der Waals surface area contributed by atoms with Crippen LogP contribution in [0.2, 0.25) is 0 Å². The summed E-state index contributed by atoms with van der Waals surface area (Å²) in [6.07, 6.45) is 2.41. The van der Waals surface area contributed by atoms with Crippen LogP contribution in [0.3, 0.4) is 0 Å². The van der Waals surface area contributed by atoms with Crippen LogP contribution in [0.5, 0.6) is 0 Å². The number of aromatic amines is 1. The first-order chi connectivity index (χ1) is 17.8. The number of carbonyl (C=O) groups is 2. The van der Waals surface area contributed by atoms with Gasteiger partial charge in [0.25, 0.3) is 5.56 Å². The standard InChI is InChI=1S/C27H39BN4O6/c1-16(2)22(30-21(33)15-36-7)25(35)32-13-9-8-10-20(32)23-29-19-12-11-17(14-18(19)24(34)31-23)28-37-26(3,4)27(5,6)38-28/h11-12,14,16,20,22H,8-10,13,15H2,1-7H3,(H,30,33)(H,29,31,34)/t20-,22-/m0/s1. The van der Waals surface area contributed by atoms with Gasteiger partial charge in [0.2, 0.25) is 11.8 Å². The van der Waals surface area contributed by atoms with Gasteiger partial charge in [-0.3, -0.25) is 14.4 Å². The normalized spacial score (nSPS) is 21.6. The number of amides is 2. The molecule has 10 nitrogen and oxygen atoms in total. The Kier molecular flexibility index (Phi) is 8.02. The minimum atomic E-state index is -0.701. The van der Waals surface area contributed by atoms with Gasteiger partial charge in [0.05, 0.1) is 28.1 Å². The molecule has 0 unspecified atom stereocenters. The first kappa shape index (κ1) is 28.3. The number of aromatic nitrogens is 2. The van der Waals surface area contributed by atoms with Crippen LogP contribution in [-0.4, -0.2) is 71.3 Å². The summed E-state index contributed by atoms with van der Waals surface area (Å²) in [5.41, 5.74) is 0.0208. The molecule has 2 saturated heterocycles. The van der Waals surface area contributed by atoms with Crippen molar-refractivity contribution in [2.45, 2.75) is 84.1 Å². The van der Waals surface area contributed by atoms with E-state index in [4.69, 9.17) is 19.0 Å². The third-order valence-electron chi connectivity index (χ3n) is 7.90. The van der Waals surface area contributed by atoms with Crippen molar-refractivity contribution in [3.8, 4) is 0 Å². The van der Waals surface area contributed by atoms with E-state index in [0.717, 1.165) is 18.3 Å². The Morgan fingerprint density at radius 2 is 1.89 bits per heavy atom.